The largest absolute Gasteiger partial charge is 0.468 e. The summed E-state index contributed by atoms with van der Waals surface area (Å²) in [6.45, 7) is 4.29. The minimum Gasteiger partial charge on any atom is -0.468 e. The van der Waals surface area contributed by atoms with Gasteiger partial charge in [0.2, 0.25) is 0 Å². The van der Waals surface area contributed by atoms with Gasteiger partial charge in [-0.2, -0.15) is 0 Å². The second-order valence-electron chi connectivity index (χ2n) is 4.77. The third-order valence-corrected chi connectivity index (χ3v) is 3.31. The number of hydrogen-bond acceptors (Lipinski definition) is 4. The SMILES string of the molecule is CCN(CCO)c1cc(CNCc2ccco2)ccc1F. The lowest BCUT2D eigenvalue weighted by atomic mass is 10.1. The van der Waals surface area contributed by atoms with Crippen LogP contribution in [-0.2, 0) is 13.1 Å². The molecule has 0 unspecified atom stereocenters. The number of furan rings is 1. The van der Waals surface area contributed by atoms with Crippen LogP contribution in [-0.4, -0.2) is 24.8 Å². The Morgan fingerprint density at radius 2 is 2.14 bits per heavy atom. The zero-order chi connectivity index (χ0) is 15.1. The van der Waals surface area contributed by atoms with Crippen LogP contribution in [0.2, 0.25) is 0 Å². The van der Waals surface area contributed by atoms with E-state index in [0.29, 0.717) is 31.9 Å². The first-order valence-corrected chi connectivity index (χ1v) is 7.12. The molecule has 0 spiro atoms. The summed E-state index contributed by atoms with van der Waals surface area (Å²) < 4.78 is 19.2. The Bertz CT molecular complexity index is 543. The van der Waals surface area contributed by atoms with Crippen molar-refractivity contribution in [1.29, 1.82) is 0 Å². The number of aliphatic hydroxyl groups excluding tert-OH is 1. The molecule has 0 atom stereocenters. The van der Waals surface area contributed by atoms with Gasteiger partial charge in [0.15, 0.2) is 0 Å². The Morgan fingerprint density at radius 1 is 1.29 bits per heavy atom. The molecule has 2 aromatic rings. The molecule has 2 N–H and O–H groups in total. The van der Waals surface area contributed by atoms with Gasteiger partial charge in [0, 0.05) is 19.6 Å². The maximum atomic E-state index is 13.9. The summed E-state index contributed by atoms with van der Waals surface area (Å²) >= 11 is 0. The van der Waals surface area contributed by atoms with Crippen LogP contribution in [0.25, 0.3) is 0 Å². The number of rotatable bonds is 8. The second kappa shape index (κ2) is 7.81. The molecule has 2 rings (SSSR count). The summed E-state index contributed by atoms with van der Waals surface area (Å²) in [5.41, 5.74) is 1.53. The molecule has 0 aliphatic carbocycles. The fourth-order valence-corrected chi connectivity index (χ4v) is 2.22. The van der Waals surface area contributed by atoms with Gasteiger partial charge in [0.1, 0.15) is 11.6 Å². The zero-order valence-electron chi connectivity index (χ0n) is 12.2. The highest BCUT2D eigenvalue weighted by atomic mass is 19.1. The number of nitrogens with zero attached hydrogens (tertiary/aromatic N) is 1. The van der Waals surface area contributed by atoms with Gasteiger partial charge in [-0.3, -0.25) is 0 Å². The first-order chi connectivity index (χ1) is 10.2. The molecule has 0 saturated carbocycles. The van der Waals surface area contributed by atoms with Gasteiger partial charge < -0.3 is 19.7 Å². The number of hydrogen-bond donors (Lipinski definition) is 2. The van der Waals surface area contributed by atoms with Crippen molar-refractivity contribution in [3.05, 3.63) is 53.7 Å². The highest BCUT2D eigenvalue weighted by molar-refractivity contribution is 5.50. The van der Waals surface area contributed by atoms with Crippen molar-refractivity contribution in [2.75, 3.05) is 24.6 Å². The first-order valence-electron chi connectivity index (χ1n) is 7.12. The molecule has 1 heterocycles. The van der Waals surface area contributed by atoms with E-state index in [1.165, 1.54) is 6.07 Å². The van der Waals surface area contributed by atoms with Gasteiger partial charge in [-0.25, -0.2) is 4.39 Å². The van der Waals surface area contributed by atoms with Crippen LogP contribution < -0.4 is 10.2 Å². The molecular formula is C16H21FN2O2. The topological polar surface area (TPSA) is 48.6 Å². The number of nitrogens with one attached hydrogen (secondary N) is 1. The van der Waals surface area contributed by atoms with Crippen molar-refractivity contribution in [1.82, 2.24) is 5.32 Å². The van der Waals surface area contributed by atoms with Crippen LogP contribution in [0.5, 0.6) is 0 Å². The standard InChI is InChI=1S/C16H21FN2O2/c1-2-19(7-8-20)16-10-13(5-6-15(16)17)11-18-12-14-4-3-9-21-14/h3-6,9-10,18,20H,2,7-8,11-12H2,1H3. The van der Waals surface area contributed by atoms with E-state index < -0.39 is 0 Å². The lowest BCUT2D eigenvalue weighted by Crippen LogP contribution is -2.27. The molecular weight excluding hydrogens is 271 g/mol. The van der Waals surface area contributed by atoms with Crippen molar-refractivity contribution < 1.29 is 13.9 Å². The second-order valence-corrected chi connectivity index (χ2v) is 4.77. The molecule has 4 nitrogen and oxygen atoms in total. The summed E-state index contributed by atoms with van der Waals surface area (Å²) in [6, 6.07) is 8.81. The van der Waals surface area contributed by atoms with E-state index in [1.807, 2.05) is 30.0 Å². The summed E-state index contributed by atoms with van der Waals surface area (Å²) in [6.07, 6.45) is 1.64. The van der Waals surface area contributed by atoms with Crippen LogP contribution in [0.3, 0.4) is 0 Å². The number of anilines is 1. The summed E-state index contributed by atoms with van der Waals surface area (Å²) in [5, 5.41) is 12.3. The highest BCUT2D eigenvalue weighted by Gasteiger charge is 2.10. The van der Waals surface area contributed by atoms with Crippen LogP contribution in [0.4, 0.5) is 10.1 Å². The van der Waals surface area contributed by atoms with E-state index in [4.69, 9.17) is 9.52 Å². The molecule has 0 amide bonds. The maximum absolute atomic E-state index is 13.9. The molecule has 21 heavy (non-hydrogen) atoms. The van der Waals surface area contributed by atoms with E-state index in [0.717, 1.165) is 11.3 Å². The predicted molar refractivity (Wildman–Crippen MR) is 80.6 cm³/mol. The van der Waals surface area contributed by atoms with Gasteiger partial charge in [0.05, 0.1) is 25.1 Å². The first kappa shape index (κ1) is 15.5. The van der Waals surface area contributed by atoms with Gasteiger partial charge in [-0.15, -0.1) is 0 Å². The zero-order valence-corrected chi connectivity index (χ0v) is 12.2. The molecule has 0 saturated heterocycles. The van der Waals surface area contributed by atoms with Crippen molar-refractivity contribution >= 4 is 5.69 Å². The van der Waals surface area contributed by atoms with Crippen molar-refractivity contribution in [2.24, 2.45) is 0 Å². The summed E-state index contributed by atoms with van der Waals surface area (Å²) in [7, 11) is 0. The number of benzene rings is 1. The highest BCUT2D eigenvalue weighted by Crippen LogP contribution is 2.21. The third kappa shape index (κ3) is 4.31. The fraction of sp³-hybridized carbons (Fsp3) is 0.375. The van der Waals surface area contributed by atoms with Crippen LogP contribution in [0, 0.1) is 5.82 Å². The molecule has 0 radical (unpaired) electrons. The van der Waals surface area contributed by atoms with E-state index in [2.05, 4.69) is 5.32 Å². The normalized spacial score (nSPS) is 10.8. The average molecular weight is 292 g/mol. The quantitative estimate of drug-likeness (QED) is 0.785. The molecule has 0 bridgehead atoms. The van der Waals surface area contributed by atoms with Crippen LogP contribution in [0.1, 0.15) is 18.2 Å². The van der Waals surface area contributed by atoms with E-state index in [9.17, 15) is 4.39 Å². The Hall–Kier alpha value is -1.85. The Labute approximate surface area is 124 Å². The molecule has 1 aromatic heterocycles. The van der Waals surface area contributed by atoms with Gasteiger partial charge >= 0.3 is 0 Å². The Kier molecular flexibility index (Phi) is 5.78. The fourth-order valence-electron chi connectivity index (χ4n) is 2.22. The summed E-state index contributed by atoms with van der Waals surface area (Å²) in [5.74, 6) is 0.605. The van der Waals surface area contributed by atoms with E-state index in [-0.39, 0.29) is 12.4 Å². The minimum absolute atomic E-state index is 0.00819. The Morgan fingerprint density at radius 3 is 2.81 bits per heavy atom. The number of likely N-dealkylation sites (N-methyl/N-ethyl adjacent to an activating group) is 1. The smallest absolute Gasteiger partial charge is 0.146 e. The van der Waals surface area contributed by atoms with E-state index >= 15 is 0 Å². The Balaban J connectivity index is 2.00. The predicted octanol–water partition coefficient (Wildman–Crippen LogP) is 2.53. The lowest BCUT2D eigenvalue weighted by molar-refractivity contribution is 0.302. The molecule has 0 aliphatic rings. The number of aliphatic hydroxyl groups is 1. The summed E-state index contributed by atoms with van der Waals surface area (Å²) in [4.78, 5) is 1.82. The third-order valence-electron chi connectivity index (χ3n) is 3.31. The van der Waals surface area contributed by atoms with Crippen LogP contribution >= 0.6 is 0 Å². The number of halogens is 1. The molecule has 114 valence electrons. The van der Waals surface area contributed by atoms with Crippen molar-refractivity contribution in [3.8, 4) is 0 Å². The molecule has 0 fully saturated rings. The van der Waals surface area contributed by atoms with Gasteiger partial charge in [-0.1, -0.05) is 6.07 Å². The van der Waals surface area contributed by atoms with E-state index in [1.54, 1.807) is 12.3 Å². The molecule has 1 aromatic carbocycles. The monoisotopic (exact) mass is 292 g/mol. The molecule has 5 heteroatoms. The van der Waals surface area contributed by atoms with Crippen LogP contribution in [0.15, 0.2) is 41.0 Å². The van der Waals surface area contributed by atoms with Gasteiger partial charge in [0.25, 0.3) is 0 Å². The minimum atomic E-state index is -0.264. The van der Waals surface area contributed by atoms with Crippen molar-refractivity contribution in [3.63, 3.8) is 0 Å². The average Bonchev–Trinajstić information content (AvgIpc) is 3.00. The van der Waals surface area contributed by atoms with Gasteiger partial charge in [-0.05, 0) is 36.8 Å². The van der Waals surface area contributed by atoms with Crippen molar-refractivity contribution in [2.45, 2.75) is 20.0 Å². The maximum Gasteiger partial charge on any atom is 0.146 e. The lowest BCUT2D eigenvalue weighted by Gasteiger charge is -2.23. The molecule has 0 aliphatic heterocycles.